The van der Waals surface area contributed by atoms with Crippen LogP contribution in [0.3, 0.4) is 0 Å². The zero-order chi connectivity index (χ0) is 19.4. The second kappa shape index (κ2) is 8.52. The molecule has 0 aliphatic rings. The van der Waals surface area contributed by atoms with Gasteiger partial charge in [-0.15, -0.1) is 11.3 Å². The summed E-state index contributed by atoms with van der Waals surface area (Å²) in [5, 5.41) is 3.80. The third-order valence-electron chi connectivity index (χ3n) is 4.10. The van der Waals surface area contributed by atoms with Crippen molar-refractivity contribution >= 4 is 54.0 Å². The van der Waals surface area contributed by atoms with Gasteiger partial charge in [-0.25, -0.2) is 13.1 Å². The monoisotopic (exact) mass is 466 g/mol. The fraction of sp³-hybridized carbons (Fsp3) is 0.211. The molecule has 0 spiro atoms. The van der Waals surface area contributed by atoms with Crippen molar-refractivity contribution in [3.63, 3.8) is 0 Å². The quantitative estimate of drug-likeness (QED) is 0.572. The highest BCUT2D eigenvalue weighted by Crippen LogP contribution is 2.21. The Morgan fingerprint density at radius 1 is 1.15 bits per heavy atom. The van der Waals surface area contributed by atoms with E-state index in [1.165, 1.54) is 0 Å². The Morgan fingerprint density at radius 2 is 1.89 bits per heavy atom. The molecule has 3 rings (SSSR count). The number of fused-ring (bicyclic) bond motifs is 1. The summed E-state index contributed by atoms with van der Waals surface area (Å²) in [5.74, 6) is -0.110. The van der Waals surface area contributed by atoms with Crippen molar-refractivity contribution in [3.05, 3.63) is 63.3 Å². The molecule has 5 nitrogen and oxygen atoms in total. The lowest BCUT2D eigenvalue weighted by Crippen LogP contribution is -2.31. The van der Waals surface area contributed by atoms with E-state index < -0.39 is 10.0 Å². The van der Waals surface area contributed by atoms with E-state index in [9.17, 15) is 13.2 Å². The number of benzene rings is 2. The van der Waals surface area contributed by atoms with Crippen LogP contribution in [0.5, 0.6) is 0 Å². The molecule has 0 aliphatic carbocycles. The van der Waals surface area contributed by atoms with Crippen LogP contribution in [0.25, 0.3) is 10.8 Å². The van der Waals surface area contributed by atoms with Crippen LogP contribution in [-0.2, 0) is 21.4 Å². The fourth-order valence-electron chi connectivity index (χ4n) is 2.66. The van der Waals surface area contributed by atoms with Gasteiger partial charge in [-0.05, 0) is 44.9 Å². The SMILES string of the molecule is CN(Cc1cc(Br)cs1)C(=O)CCNS(=O)(=O)c1ccc2ccccc2c1. The minimum Gasteiger partial charge on any atom is -0.341 e. The van der Waals surface area contributed by atoms with Gasteiger partial charge in [-0.3, -0.25) is 4.79 Å². The Kier molecular flexibility index (Phi) is 6.31. The first kappa shape index (κ1) is 20.0. The summed E-state index contributed by atoms with van der Waals surface area (Å²) in [6.45, 7) is 0.568. The van der Waals surface area contributed by atoms with Gasteiger partial charge in [-0.2, -0.15) is 0 Å². The number of sulfonamides is 1. The first-order valence-corrected chi connectivity index (χ1v) is 11.5. The lowest BCUT2D eigenvalue weighted by Gasteiger charge is -2.16. The largest absolute Gasteiger partial charge is 0.341 e. The molecule has 1 aromatic heterocycles. The third kappa shape index (κ3) is 5.16. The van der Waals surface area contributed by atoms with Gasteiger partial charge in [0, 0.05) is 34.7 Å². The van der Waals surface area contributed by atoms with E-state index in [2.05, 4.69) is 20.7 Å². The molecule has 0 fully saturated rings. The first-order valence-electron chi connectivity index (χ1n) is 8.30. The molecule has 1 heterocycles. The van der Waals surface area contributed by atoms with Gasteiger partial charge in [0.2, 0.25) is 15.9 Å². The molecular weight excluding hydrogens is 448 g/mol. The average molecular weight is 467 g/mol. The van der Waals surface area contributed by atoms with Gasteiger partial charge in [0.15, 0.2) is 0 Å². The first-order chi connectivity index (χ1) is 12.8. The van der Waals surface area contributed by atoms with Crippen LogP contribution in [0, 0.1) is 0 Å². The van der Waals surface area contributed by atoms with Crippen molar-refractivity contribution in [2.45, 2.75) is 17.9 Å². The number of thiophene rings is 1. The minimum absolute atomic E-state index is 0.0620. The van der Waals surface area contributed by atoms with E-state index in [0.29, 0.717) is 6.54 Å². The molecule has 2 aromatic carbocycles. The van der Waals surface area contributed by atoms with Crippen molar-refractivity contribution in [1.82, 2.24) is 9.62 Å². The van der Waals surface area contributed by atoms with Gasteiger partial charge < -0.3 is 4.90 Å². The number of nitrogens with zero attached hydrogens (tertiary/aromatic N) is 1. The molecule has 0 saturated heterocycles. The third-order valence-corrected chi connectivity index (χ3v) is 7.24. The van der Waals surface area contributed by atoms with Crippen LogP contribution in [0.1, 0.15) is 11.3 Å². The summed E-state index contributed by atoms with van der Waals surface area (Å²) in [6.07, 6.45) is 0.107. The Labute approximate surface area is 171 Å². The molecule has 1 amide bonds. The normalized spacial score (nSPS) is 11.6. The number of carbonyl (C=O) groups is 1. The number of hydrogen-bond acceptors (Lipinski definition) is 4. The van der Waals surface area contributed by atoms with Gasteiger partial charge in [-0.1, -0.05) is 30.3 Å². The molecular formula is C19H19BrN2O3S2. The molecule has 0 radical (unpaired) electrons. The maximum Gasteiger partial charge on any atom is 0.240 e. The van der Waals surface area contributed by atoms with Crippen LogP contribution < -0.4 is 4.72 Å². The second-order valence-corrected chi connectivity index (χ2v) is 9.82. The summed E-state index contributed by atoms with van der Waals surface area (Å²) in [4.78, 5) is 15.1. The summed E-state index contributed by atoms with van der Waals surface area (Å²) in [7, 11) is -1.94. The highest BCUT2D eigenvalue weighted by Gasteiger charge is 2.16. The van der Waals surface area contributed by atoms with Crippen molar-refractivity contribution in [2.75, 3.05) is 13.6 Å². The van der Waals surface area contributed by atoms with Gasteiger partial charge in [0.25, 0.3) is 0 Å². The Hall–Kier alpha value is -1.74. The molecule has 8 heteroatoms. The molecule has 3 aromatic rings. The van der Waals surface area contributed by atoms with Crippen LogP contribution in [0.4, 0.5) is 0 Å². The van der Waals surface area contributed by atoms with E-state index in [-0.39, 0.29) is 23.8 Å². The number of carbonyl (C=O) groups excluding carboxylic acids is 1. The van der Waals surface area contributed by atoms with Gasteiger partial charge in [0.1, 0.15) is 0 Å². The zero-order valence-electron chi connectivity index (χ0n) is 14.7. The predicted octanol–water partition coefficient (Wildman–Crippen LogP) is 3.99. The number of hydrogen-bond donors (Lipinski definition) is 1. The van der Waals surface area contributed by atoms with E-state index in [1.54, 1.807) is 41.5 Å². The Balaban J connectivity index is 1.57. The van der Waals surface area contributed by atoms with Crippen LogP contribution in [-0.4, -0.2) is 32.8 Å². The van der Waals surface area contributed by atoms with Crippen LogP contribution in [0.15, 0.2) is 63.3 Å². The average Bonchev–Trinajstić information content (AvgIpc) is 3.05. The van der Waals surface area contributed by atoms with E-state index in [1.807, 2.05) is 35.7 Å². The Morgan fingerprint density at radius 3 is 2.59 bits per heavy atom. The minimum atomic E-state index is -3.65. The zero-order valence-corrected chi connectivity index (χ0v) is 17.9. The standard InChI is InChI=1S/C19H19BrN2O3S2/c1-22(12-17-11-16(20)13-26-17)19(23)8-9-21-27(24,25)18-7-6-14-4-2-3-5-15(14)10-18/h2-7,10-11,13,21H,8-9,12H2,1H3. The number of rotatable bonds is 7. The maximum absolute atomic E-state index is 12.5. The second-order valence-electron chi connectivity index (χ2n) is 6.14. The smallest absolute Gasteiger partial charge is 0.240 e. The van der Waals surface area contributed by atoms with Crippen LogP contribution >= 0.6 is 27.3 Å². The van der Waals surface area contributed by atoms with Crippen LogP contribution in [0.2, 0.25) is 0 Å². The van der Waals surface area contributed by atoms with E-state index >= 15 is 0 Å². The summed E-state index contributed by atoms with van der Waals surface area (Å²) in [5.41, 5.74) is 0. The lowest BCUT2D eigenvalue weighted by molar-refractivity contribution is -0.130. The number of amides is 1. The Bertz CT molecular complexity index is 1060. The van der Waals surface area contributed by atoms with Gasteiger partial charge >= 0.3 is 0 Å². The molecule has 0 bridgehead atoms. The number of halogens is 1. The molecule has 27 heavy (non-hydrogen) atoms. The maximum atomic E-state index is 12.5. The van der Waals surface area contributed by atoms with E-state index in [0.717, 1.165) is 20.1 Å². The van der Waals surface area contributed by atoms with E-state index in [4.69, 9.17) is 0 Å². The lowest BCUT2D eigenvalue weighted by atomic mass is 10.1. The topological polar surface area (TPSA) is 66.5 Å². The summed E-state index contributed by atoms with van der Waals surface area (Å²) >= 11 is 4.96. The molecule has 0 atom stereocenters. The molecule has 1 N–H and O–H groups in total. The van der Waals surface area contributed by atoms with Crippen molar-refractivity contribution < 1.29 is 13.2 Å². The number of nitrogens with one attached hydrogen (secondary N) is 1. The van der Waals surface area contributed by atoms with Crippen molar-refractivity contribution in [1.29, 1.82) is 0 Å². The predicted molar refractivity (Wildman–Crippen MR) is 112 cm³/mol. The summed E-state index contributed by atoms with van der Waals surface area (Å²) in [6, 6.07) is 14.5. The molecule has 0 saturated carbocycles. The molecule has 142 valence electrons. The highest BCUT2D eigenvalue weighted by molar-refractivity contribution is 9.10. The molecule has 0 aliphatic heterocycles. The van der Waals surface area contributed by atoms with Crippen molar-refractivity contribution in [3.8, 4) is 0 Å². The van der Waals surface area contributed by atoms with Gasteiger partial charge in [0.05, 0.1) is 11.4 Å². The highest BCUT2D eigenvalue weighted by atomic mass is 79.9. The summed E-state index contributed by atoms with van der Waals surface area (Å²) < 4.78 is 28.5. The fourth-order valence-corrected chi connectivity index (χ4v) is 5.23. The van der Waals surface area contributed by atoms with Crippen molar-refractivity contribution in [2.24, 2.45) is 0 Å². The molecule has 0 unspecified atom stereocenters.